The van der Waals surface area contributed by atoms with Gasteiger partial charge in [-0.3, -0.25) is 9.59 Å². The highest BCUT2D eigenvalue weighted by Crippen LogP contribution is 2.36. The average molecular weight is 447 g/mol. The van der Waals surface area contributed by atoms with Crippen LogP contribution in [-0.4, -0.2) is 35.7 Å². The summed E-state index contributed by atoms with van der Waals surface area (Å²) in [5.74, 6) is -3.13. The van der Waals surface area contributed by atoms with Gasteiger partial charge in [-0.25, -0.2) is 13.8 Å². The van der Waals surface area contributed by atoms with Gasteiger partial charge in [-0.1, -0.05) is 6.08 Å². The van der Waals surface area contributed by atoms with E-state index in [4.69, 9.17) is 5.26 Å². The van der Waals surface area contributed by atoms with Gasteiger partial charge < -0.3 is 10.6 Å². The van der Waals surface area contributed by atoms with Crippen molar-refractivity contribution in [3.05, 3.63) is 52.6 Å². The van der Waals surface area contributed by atoms with E-state index in [1.54, 1.807) is 0 Å². The summed E-state index contributed by atoms with van der Waals surface area (Å²) in [7, 11) is 0. The molecule has 2 bridgehead atoms. The maximum Gasteiger partial charge on any atom is 0.278 e. The van der Waals surface area contributed by atoms with E-state index in [2.05, 4.69) is 15.6 Å². The quantitative estimate of drug-likeness (QED) is 0.735. The molecule has 0 aromatic heterocycles. The highest BCUT2D eigenvalue weighted by Gasteiger charge is 2.43. The van der Waals surface area contributed by atoms with Crippen molar-refractivity contribution >= 4 is 23.1 Å². The zero-order valence-corrected chi connectivity index (χ0v) is 17.4. The lowest BCUT2D eigenvalue weighted by atomic mass is 9.85. The van der Waals surface area contributed by atoms with Crippen LogP contribution in [0.4, 0.5) is 8.78 Å². The highest BCUT2D eigenvalue weighted by atomic mass is 19.1. The molecule has 5 rings (SSSR count). The fourth-order valence-electron chi connectivity index (χ4n) is 5.17. The summed E-state index contributed by atoms with van der Waals surface area (Å²) >= 11 is 0. The molecule has 4 aliphatic rings. The molecule has 1 unspecified atom stereocenters. The van der Waals surface area contributed by atoms with Gasteiger partial charge in [-0.15, -0.1) is 0 Å². The Bertz CT molecular complexity index is 1250. The Morgan fingerprint density at radius 2 is 2.06 bits per heavy atom. The fraction of sp³-hybridized carbons (Fsp3) is 0.375. The molecule has 0 spiro atoms. The standard InChI is InChI=1S/C24H19F2N5O2/c25-19-8-16-17-3-11(9-27)4-20(26)22(17)31-23(32)18(16)7-13(19)6-15(10-28)30-24(33)21-12-1-2-14(5-12)29-21/h3-4,7-8,11-12,14-15,21,29H,1-2,5-6H2,(H,30,33)/t11?,12-,14+,15-,21-/m0/s1. The lowest BCUT2D eigenvalue weighted by molar-refractivity contribution is -0.124. The second-order valence-corrected chi connectivity index (χ2v) is 8.81. The number of hydrogen-bond donors (Lipinski definition) is 2. The highest BCUT2D eigenvalue weighted by molar-refractivity contribution is 6.38. The molecule has 7 nitrogen and oxygen atoms in total. The van der Waals surface area contributed by atoms with Crippen LogP contribution < -0.4 is 10.6 Å². The lowest BCUT2D eigenvalue weighted by Crippen LogP contribution is -2.50. The van der Waals surface area contributed by atoms with Crippen molar-refractivity contribution in [3.8, 4) is 12.1 Å². The minimum atomic E-state index is -0.985. The predicted molar refractivity (Wildman–Crippen MR) is 114 cm³/mol. The summed E-state index contributed by atoms with van der Waals surface area (Å²) in [4.78, 5) is 29.0. The number of halogens is 2. The van der Waals surface area contributed by atoms with Crippen molar-refractivity contribution in [1.82, 2.24) is 10.6 Å². The summed E-state index contributed by atoms with van der Waals surface area (Å²) in [6.45, 7) is 0. The molecular weight excluding hydrogens is 428 g/mol. The minimum absolute atomic E-state index is 0.0607. The van der Waals surface area contributed by atoms with Crippen molar-refractivity contribution in [2.24, 2.45) is 16.8 Å². The van der Waals surface area contributed by atoms with Crippen molar-refractivity contribution in [2.75, 3.05) is 0 Å². The smallest absolute Gasteiger partial charge is 0.278 e. The van der Waals surface area contributed by atoms with E-state index in [-0.39, 0.29) is 52.3 Å². The Hall–Kier alpha value is -3.69. The average Bonchev–Trinajstić information content (AvgIpc) is 3.44. The first kappa shape index (κ1) is 21.2. The number of carbonyl (C=O) groups excluding carboxylic acids is 2. The van der Waals surface area contributed by atoms with E-state index in [0.29, 0.717) is 6.04 Å². The van der Waals surface area contributed by atoms with Crippen LogP contribution in [0.1, 0.15) is 40.7 Å². The molecule has 2 N–H and O–H groups in total. The van der Waals surface area contributed by atoms with E-state index in [1.807, 2.05) is 12.1 Å². The van der Waals surface area contributed by atoms with Crippen LogP contribution in [0.25, 0.3) is 5.57 Å². The van der Waals surface area contributed by atoms with Gasteiger partial charge in [0.15, 0.2) is 0 Å². The summed E-state index contributed by atoms with van der Waals surface area (Å²) in [5.41, 5.74) is 0.252. The number of fused-ring (bicyclic) bond motifs is 5. The van der Waals surface area contributed by atoms with Crippen molar-refractivity contribution in [2.45, 2.75) is 43.8 Å². The summed E-state index contributed by atoms with van der Waals surface area (Å²) in [5, 5.41) is 24.6. The Kier molecular flexibility index (Phi) is 5.15. The molecule has 9 heteroatoms. The second-order valence-electron chi connectivity index (χ2n) is 8.81. The Morgan fingerprint density at radius 1 is 1.24 bits per heavy atom. The molecular formula is C24H19F2N5O2. The number of nitriles is 2. The summed E-state index contributed by atoms with van der Waals surface area (Å²) in [6.07, 6.45) is 5.30. The fourth-order valence-corrected chi connectivity index (χ4v) is 5.17. The van der Waals surface area contributed by atoms with E-state index < -0.39 is 29.5 Å². The molecule has 33 heavy (non-hydrogen) atoms. The van der Waals surface area contributed by atoms with Crippen LogP contribution in [0.5, 0.6) is 0 Å². The molecule has 2 amide bonds. The number of nitrogens with one attached hydrogen (secondary N) is 2. The molecule has 2 heterocycles. The Morgan fingerprint density at radius 3 is 2.73 bits per heavy atom. The zero-order valence-electron chi connectivity index (χ0n) is 17.4. The monoisotopic (exact) mass is 447 g/mol. The van der Waals surface area contributed by atoms with Gasteiger partial charge in [-0.2, -0.15) is 10.5 Å². The number of aliphatic imine (C=N–C) groups is 1. The first-order valence-electron chi connectivity index (χ1n) is 10.8. The number of allylic oxidation sites excluding steroid dienone is 4. The number of carbonyl (C=O) groups is 2. The van der Waals surface area contributed by atoms with Gasteiger partial charge in [-0.05, 0) is 54.5 Å². The first-order valence-corrected chi connectivity index (χ1v) is 10.8. The van der Waals surface area contributed by atoms with Gasteiger partial charge in [0.1, 0.15) is 23.4 Å². The van der Waals surface area contributed by atoms with Crippen molar-refractivity contribution in [3.63, 3.8) is 0 Å². The van der Waals surface area contributed by atoms with Gasteiger partial charge in [0.05, 0.1) is 29.7 Å². The second kappa shape index (κ2) is 8.02. The molecule has 0 radical (unpaired) electrons. The number of hydrogen-bond acceptors (Lipinski definition) is 5. The van der Waals surface area contributed by atoms with E-state index in [9.17, 15) is 19.2 Å². The van der Waals surface area contributed by atoms with Crippen LogP contribution in [0.15, 0.2) is 35.1 Å². The maximum absolute atomic E-state index is 15.0. The summed E-state index contributed by atoms with van der Waals surface area (Å²) < 4.78 is 29.3. The Labute approximate surface area is 188 Å². The molecule has 2 aliphatic heterocycles. The normalized spacial score (nSPS) is 27.9. The van der Waals surface area contributed by atoms with Crippen LogP contribution >= 0.6 is 0 Å². The van der Waals surface area contributed by atoms with Crippen LogP contribution in [0, 0.1) is 40.3 Å². The molecule has 2 aliphatic carbocycles. The number of nitrogens with zero attached hydrogens (tertiary/aromatic N) is 3. The number of rotatable bonds is 4. The third kappa shape index (κ3) is 3.65. The topological polar surface area (TPSA) is 118 Å². The SMILES string of the molecule is N#CC1C=C(F)C2=NC(=O)c3cc(C[C@@H](C#N)NC(=O)[C@H]4N[C@@H]5CC[C@H]4C5)c(F)cc3C2=C1. The van der Waals surface area contributed by atoms with Crippen LogP contribution in [-0.2, 0) is 11.2 Å². The third-order valence-electron chi connectivity index (χ3n) is 6.76. The van der Waals surface area contributed by atoms with E-state index in [0.717, 1.165) is 31.4 Å². The lowest BCUT2D eigenvalue weighted by Gasteiger charge is -2.24. The number of piperidine rings is 1. The third-order valence-corrected chi connectivity index (χ3v) is 6.76. The number of benzene rings is 1. The van der Waals surface area contributed by atoms with Gasteiger partial charge in [0.25, 0.3) is 5.91 Å². The van der Waals surface area contributed by atoms with Gasteiger partial charge in [0, 0.05) is 18.0 Å². The van der Waals surface area contributed by atoms with Gasteiger partial charge >= 0.3 is 0 Å². The minimum Gasteiger partial charge on any atom is -0.339 e. The number of amides is 2. The van der Waals surface area contributed by atoms with E-state index in [1.165, 1.54) is 12.1 Å². The van der Waals surface area contributed by atoms with E-state index >= 15 is 4.39 Å². The predicted octanol–water partition coefficient (Wildman–Crippen LogP) is 2.50. The Balaban J connectivity index is 1.39. The molecule has 1 aromatic rings. The van der Waals surface area contributed by atoms with Crippen molar-refractivity contribution in [1.29, 1.82) is 10.5 Å². The zero-order chi connectivity index (χ0) is 23.3. The van der Waals surface area contributed by atoms with Crippen LogP contribution in [0.3, 0.4) is 0 Å². The maximum atomic E-state index is 15.0. The first-order chi connectivity index (χ1) is 15.9. The molecule has 2 fully saturated rings. The largest absolute Gasteiger partial charge is 0.339 e. The van der Waals surface area contributed by atoms with Crippen molar-refractivity contribution < 1.29 is 18.4 Å². The summed E-state index contributed by atoms with van der Waals surface area (Å²) in [6, 6.07) is 5.29. The molecule has 1 saturated carbocycles. The van der Waals surface area contributed by atoms with Crippen LogP contribution in [0.2, 0.25) is 0 Å². The van der Waals surface area contributed by atoms with Gasteiger partial charge in [0.2, 0.25) is 5.91 Å². The molecule has 5 atom stereocenters. The molecule has 166 valence electrons. The molecule has 1 aromatic carbocycles. The molecule has 1 saturated heterocycles.